The van der Waals surface area contributed by atoms with Crippen LogP contribution in [0.5, 0.6) is 0 Å². The fourth-order valence-corrected chi connectivity index (χ4v) is 3.31. The summed E-state index contributed by atoms with van der Waals surface area (Å²) in [6.07, 6.45) is 12.9. The van der Waals surface area contributed by atoms with Crippen molar-refractivity contribution in [2.45, 2.75) is 0 Å². The number of nitrogens with zero attached hydrogens (tertiary/aromatic N) is 2. The summed E-state index contributed by atoms with van der Waals surface area (Å²) in [5.41, 5.74) is 6.14. The van der Waals surface area contributed by atoms with Crippen LogP contribution in [0, 0.1) is 0 Å². The maximum atomic E-state index is 2.22. The summed E-state index contributed by atoms with van der Waals surface area (Å²) in [5.74, 6) is 0. The first-order valence-electron chi connectivity index (χ1n) is 8.50. The number of benzene rings is 2. The Labute approximate surface area is 148 Å². The molecule has 2 aromatic carbocycles. The molecule has 25 heavy (non-hydrogen) atoms. The quantitative estimate of drug-likeness (QED) is 0.618. The first kappa shape index (κ1) is 15.4. The molecule has 1 aliphatic rings. The van der Waals surface area contributed by atoms with Gasteiger partial charge >= 0.3 is 0 Å². The molecule has 1 aliphatic heterocycles. The normalized spacial score (nSPS) is 15.3. The summed E-state index contributed by atoms with van der Waals surface area (Å²) in [5, 5.41) is 1.26. The Hall–Kier alpha value is -3.13. The van der Waals surface area contributed by atoms with Crippen LogP contribution in [0.25, 0.3) is 23.1 Å². The predicted octanol–water partition coefficient (Wildman–Crippen LogP) is 4.72. The van der Waals surface area contributed by atoms with Crippen molar-refractivity contribution in [1.29, 1.82) is 0 Å². The average molecular weight is 325 g/mol. The number of aryl methyl sites for hydroxylation is 1. The van der Waals surface area contributed by atoms with E-state index in [1.165, 1.54) is 33.4 Å². The fraction of sp³-hybridized carbons (Fsp3) is 0.0870. The predicted molar refractivity (Wildman–Crippen MR) is 106 cm³/mol. The highest BCUT2D eigenvalue weighted by atomic mass is 15.1. The summed E-state index contributed by atoms with van der Waals surface area (Å²) < 4.78 is 2.15. The van der Waals surface area contributed by atoms with Crippen LogP contribution in [0.4, 0.5) is 5.69 Å². The molecule has 0 radical (unpaired) electrons. The number of anilines is 1. The minimum Gasteiger partial charge on any atom is -0.344 e. The molecule has 0 amide bonds. The molecule has 0 saturated heterocycles. The monoisotopic (exact) mass is 325 g/mol. The van der Waals surface area contributed by atoms with E-state index in [0.29, 0.717) is 0 Å². The Morgan fingerprint density at radius 3 is 2.64 bits per heavy atom. The standard InChI is InChI=1S/C23H21N2/c1-24-17-16-18(21-11-4-6-13-23(21)24)9-7-10-20-15-14-19-8-3-5-12-22(19)25(20)2/h3-17H,1-2H3/q+1. The maximum absolute atomic E-state index is 2.22. The Morgan fingerprint density at radius 1 is 0.920 bits per heavy atom. The Kier molecular flexibility index (Phi) is 3.95. The smallest absolute Gasteiger partial charge is 0.212 e. The van der Waals surface area contributed by atoms with Gasteiger partial charge in [-0.05, 0) is 35.4 Å². The maximum Gasteiger partial charge on any atom is 0.212 e. The van der Waals surface area contributed by atoms with Crippen molar-refractivity contribution < 1.29 is 4.57 Å². The first-order valence-corrected chi connectivity index (χ1v) is 8.50. The van der Waals surface area contributed by atoms with E-state index in [0.717, 1.165) is 0 Å². The van der Waals surface area contributed by atoms with Gasteiger partial charge in [0, 0.05) is 30.6 Å². The molecule has 0 N–H and O–H groups in total. The van der Waals surface area contributed by atoms with Gasteiger partial charge in [-0.3, -0.25) is 0 Å². The topological polar surface area (TPSA) is 7.12 Å². The summed E-state index contributed by atoms with van der Waals surface area (Å²) >= 11 is 0. The van der Waals surface area contributed by atoms with Gasteiger partial charge in [0.1, 0.15) is 7.05 Å². The number of pyridine rings is 1. The lowest BCUT2D eigenvalue weighted by Gasteiger charge is -2.26. The van der Waals surface area contributed by atoms with Crippen LogP contribution in [-0.4, -0.2) is 7.05 Å². The number of fused-ring (bicyclic) bond motifs is 2. The second kappa shape index (κ2) is 6.40. The number of hydrogen-bond donors (Lipinski definition) is 0. The van der Waals surface area contributed by atoms with Gasteiger partial charge in [-0.25, -0.2) is 4.57 Å². The van der Waals surface area contributed by atoms with Crippen molar-refractivity contribution in [3.63, 3.8) is 0 Å². The van der Waals surface area contributed by atoms with E-state index in [1.807, 2.05) is 0 Å². The molecule has 0 bridgehead atoms. The molecule has 2 heteroatoms. The van der Waals surface area contributed by atoms with E-state index in [-0.39, 0.29) is 0 Å². The van der Waals surface area contributed by atoms with E-state index in [4.69, 9.17) is 0 Å². The lowest BCUT2D eigenvalue weighted by Crippen LogP contribution is -2.28. The number of para-hydroxylation sites is 2. The second-order valence-electron chi connectivity index (χ2n) is 6.30. The summed E-state index contributed by atoms with van der Waals surface area (Å²) in [6, 6.07) is 19.1. The van der Waals surface area contributed by atoms with Crippen LogP contribution >= 0.6 is 0 Å². The highest BCUT2D eigenvalue weighted by Gasteiger charge is 2.12. The van der Waals surface area contributed by atoms with Crippen molar-refractivity contribution >= 4 is 28.7 Å². The van der Waals surface area contributed by atoms with E-state index in [2.05, 4.69) is 115 Å². The Morgan fingerprint density at radius 2 is 1.72 bits per heavy atom. The van der Waals surface area contributed by atoms with E-state index < -0.39 is 0 Å². The molecule has 2 heterocycles. The van der Waals surface area contributed by atoms with Gasteiger partial charge in [0.15, 0.2) is 6.20 Å². The third kappa shape index (κ3) is 2.87. The summed E-state index contributed by atoms with van der Waals surface area (Å²) in [4.78, 5) is 2.22. The van der Waals surface area contributed by atoms with E-state index in [9.17, 15) is 0 Å². The number of hydrogen-bond acceptors (Lipinski definition) is 1. The van der Waals surface area contributed by atoms with Crippen LogP contribution < -0.4 is 9.47 Å². The molecule has 1 aromatic heterocycles. The molecular weight excluding hydrogens is 304 g/mol. The number of rotatable bonds is 2. The molecule has 0 unspecified atom stereocenters. The molecule has 2 nitrogen and oxygen atoms in total. The fourth-order valence-electron chi connectivity index (χ4n) is 3.31. The Bertz CT molecular complexity index is 1030. The highest BCUT2D eigenvalue weighted by Crippen LogP contribution is 2.29. The van der Waals surface area contributed by atoms with E-state index in [1.54, 1.807) is 0 Å². The van der Waals surface area contributed by atoms with Crippen LogP contribution in [0.15, 0.2) is 84.7 Å². The van der Waals surface area contributed by atoms with Crippen LogP contribution in [0.1, 0.15) is 11.1 Å². The molecule has 0 saturated carbocycles. The third-order valence-corrected chi connectivity index (χ3v) is 4.73. The number of aromatic nitrogens is 1. The molecule has 0 spiro atoms. The van der Waals surface area contributed by atoms with Gasteiger partial charge in [-0.15, -0.1) is 0 Å². The number of allylic oxidation sites excluding steroid dienone is 3. The molecule has 0 atom stereocenters. The minimum absolute atomic E-state index is 1.18. The van der Waals surface area contributed by atoms with Gasteiger partial charge < -0.3 is 4.90 Å². The van der Waals surface area contributed by atoms with Crippen LogP contribution in [-0.2, 0) is 7.05 Å². The summed E-state index contributed by atoms with van der Waals surface area (Å²) in [7, 11) is 4.19. The van der Waals surface area contributed by atoms with Gasteiger partial charge in [-0.2, -0.15) is 0 Å². The van der Waals surface area contributed by atoms with E-state index >= 15 is 0 Å². The van der Waals surface area contributed by atoms with Gasteiger partial charge in [0.05, 0.1) is 5.39 Å². The molecule has 3 aromatic rings. The average Bonchev–Trinajstić information content (AvgIpc) is 2.66. The van der Waals surface area contributed by atoms with Crippen molar-refractivity contribution in [2.75, 3.05) is 11.9 Å². The number of likely N-dealkylation sites (N-methyl/N-ethyl adjacent to an activating group) is 1. The lowest BCUT2D eigenvalue weighted by molar-refractivity contribution is -0.644. The van der Waals surface area contributed by atoms with Gasteiger partial charge in [-0.1, -0.05) is 48.6 Å². The van der Waals surface area contributed by atoms with Gasteiger partial charge in [0.2, 0.25) is 5.52 Å². The Balaban J connectivity index is 1.66. The highest BCUT2D eigenvalue weighted by molar-refractivity contribution is 5.85. The van der Waals surface area contributed by atoms with Crippen LogP contribution in [0.2, 0.25) is 0 Å². The summed E-state index contributed by atoms with van der Waals surface area (Å²) in [6.45, 7) is 0. The van der Waals surface area contributed by atoms with Crippen molar-refractivity contribution in [3.05, 3.63) is 95.8 Å². The molecular formula is C23H21N2+. The van der Waals surface area contributed by atoms with Crippen molar-refractivity contribution in [1.82, 2.24) is 0 Å². The molecule has 0 fully saturated rings. The second-order valence-corrected chi connectivity index (χ2v) is 6.30. The molecule has 4 rings (SSSR count). The zero-order chi connectivity index (χ0) is 17.2. The SMILES string of the molecule is CN1/C(=C/C=C\c2cc[n+](C)c3ccccc23)C=Cc2ccccc21. The van der Waals surface area contributed by atoms with Gasteiger partial charge in [0.25, 0.3) is 0 Å². The minimum atomic E-state index is 1.18. The van der Waals surface area contributed by atoms with Crippen molar-refractivity contribution in [3.8, 4) is 0 Å². The zero-order valence-corrected chi connectivity index (χ0v) is 14.6. The lowest BCUT2D eigenvalue weighted by atomic mass is 10.1. The van der Waals surface area contributed by atoms with Crippen LogP contribution in [0.3, 0.4) is 0 Å². The largest absolute Gasteiger partial charge is 0.344 e. The molecule has 122 valence electrons. The zero-order valence-electron chi connectivity index (χ0n) is 14.6. The third-order valence-electron chi connectivity index (χ3n) is 4.73. The molecule has 0 aliphatic carbocycles. The first-order chi connectivity index (χ1) is 12.2. The van der Waals surface area contributed by atoms with Crippen molar-refractivity contribution in [2.24, 2.45) is 7.05 Å².